The van der Waals surface area contributed by atoms with Gasteiger partial charge in [-0.05, 0) is 48.9 Å². The maximum absolute atomic E-state index is 13.3. The lowest BCUT2D eigenvalue weighted by Crippen LogP contribution is -2.17. The van der Waals surface area contributed by atoms with Crippen LogP contribution < -0.4 is 10.4 Å². The minimum Gasteiger partial charge on any atom is -0.497 e. The molecule has 0 saturated carbocycles. The lowest BCUT2D eigenvalue weighted by Gasteiger charge is -2.12. The summed E-state index contributed by atoms with van der Waals surface area (Å²) in [6.07, 6.45) is 0. The average Bonchev–Trinajstić information content (AvgIpc) is 2.73. The number of carbonyl (C=O) groups excluding carboxylic acids is 1. The van der Waals surface area contributed by atoms with Crippen LogP contribution in [0.1, 0.15) is 21.5 Å². The SMILES string of the molecule is COc1ccc(C(=O)c2c(-c3ccccc3)c3cc(C)ccc3oc2=O)cc1. The van der Waals surface area contributed by atoms with Crippen molar-refractivity contribution in [1.82, 2.24) is 0 Å². The Morgan fingerprint density at radius 3 is 2.32 bits per heavy atom. The molecule has 0 saturated heterocycles. The first-order valence-corrected chi connectivity index (χ1v) is 8.90. The van der Waals surface area contributed by atoms with Crippen LogP contribution in [-0.4, -0.2) is 12.9 Å². The van der Waals surface area contributed by atoms with E-state index in [0.29, 0.717) is 22.5 Å². The maximum Gasteiger partial charge on any atom is 0.348 e. The molecule has 0 bridgehead atoms. The zero-order valence-electron chi connectivity index (χ0n) is 15.6. The lowest BCUT2D eigenvalue weighted by atomic mass is 9.92. The number of rotatable bonds is 4. The van der Waals surface area contributed by atoms with E-state index in [1.807, 2.05) is 49.4 Å². The van der Waals surface area contributed by atoms with E-state index in [1.165, 1.54) is 0 Å². The number of ketones is 1. The quantitative estimate of drug-likeness (QED) is 0.374. The van der Waals surface area contributed by atoms with Gasteiger partial charge in [0.1, 0.15) is 16.9 Å². The molecule has 4 rings (SSSR count). The number of fused-ring (bicyclic) bond motifs is 1. The normalized spacial score (nSPS) is 10.8. The van der Waals surface area contributed by atoms with E-state index in [1.54, 1.807) is 37.4 Å². The van der Waals surface area contributed by atoms with Crippen LogP contribution >= 0.6 is 0 Å². The second-order valence-corrected chi connectivity index (χ2v) is 6.56. The van der Waals surface area contributed by atoms with Crippen LogP contribution in [-0.2, 0) is 0 Å². The number of carbonyl (C=O) groups is 1. The summed E-state index contributed by atoms with van der Waals surface area (Å²) in [6.45, 7) is 1.96. The van der Waals surface area contributed by atoms with Crippen molar-refractivity contribution in [2.75, 3.05) is 7.11 Å². The third-order valence-corrected chi connectivity index (χ3v) is 4.70. The van der Waals surface area contributed by atoms with E-state index in [9.17, 15) is 9.59 Å². The van der Waals surface area contributed by atoms with Crippen molar-refractivity contribution in [3.8, 4) is 16.9 Å². The van der Waals surface area contributed by atoms with Crippen molar-refractivity contribution in [2.24, 2.45) is 0 Å². The standard InChI is InChI=1S/C24H18O4/c1-15-8-13-20-19(14-15)21(16-6-4-3-5-7-16)22(24(26)28-20)23(25)17-9-11-18(27-2)12-10-17/h3-14H,1-2H3. The minimum absolute atomic E-state index is 0.0365. The van der Waals surface area contributed by atoms with Crippen molar-refractivity contribution in [1.29, 1.82) is 0 Å². The van der Waals surface area contributed by atoms with Crippen LogP contribution in [0.25, 0.3) is 22.1 Å². The molecule has 0 amide bonds. The molecular formula is C24H18O4. The number of aryl methyl sites for hydroxylation is 1. The van der Waals surface area contributed by atoms with Gasteiger partial charge in [0.05, 0.1) is 7.11 Å². The number of benzene rings is 3. The number of hydrogen-bond acceptors (Lipinski definition) is 4. The topological polar surface area (TPSA) is 56.5 Å². The zero-order valence-corrected chi connectivity index (χ0v) is 15.6. The summed E-state index contributed by atoms with van der Waals surface area (Å²) in [5.74, 6) is 0.264. The highest BCUT2D eigenvalue weighted by Crippen LogP contribution is 2.32. The Hall–Kier alpha value is -3.66. The molecule has 1 heterocycles. The van der Waals surface area contributed by atoms with E-state index in [2.05, 4.69) is 0 Å². The summed E-state index contributed by atoms with van der Waals surface area (Å²) >= 11 is 0. The Morgan fingerprint density at radius 2 is 1.64 bits per heavy atom. The molecule has 0 atom stereocenters. The van der Waals surface area contributed by atoms with Gasteiger partial charge in [-0.3, -0.25) is 4.79 Å². The number of ether oxygens (including phenoxy) is 1. The molecule has 4 aromatic rings. The summed E-state index contributed by atoms with van der Waals surface area (Å²) in [5.41, 5.74) is 2.66. The van der Waals surface area contributed by atoms with Crippen LogP contribution in [0.4, 0.5) is 0 Å². The van der Waals surface area contributed by atoms with Gasteiger partial charge in [0, 0.05) is 16.5 Å². The summed E-state index contributed by atoms with van der Waals surface area (Å²) in [4.78, 5) is 26.1. The highest BCUT2D eigenvalue weighted by Gasteiger charge is 2.23. The fourth-order valence-electron chi connectivity index (χ4n) is 3.31. The van der Waals surface area contributed by atoms with Crippen molar-refractivity contribution in [2.45, 2.75) is 6.92 Å². The van der Waals surface area contributed by atoms with Crippen LogP contribution in [0.3, 0.4) is 0 Å². The molecular weight excluding hydrogens is 352 g/mol. The van der Waals surface area contributed by atoms with Gasteiger partial charge in [0.15, 0.2) is 0 Å². The molecule has 1 aromatic heterocycles. The van der Waals surface area contributed by atoms with E-state index in [4.69, 9.17) is 9.15 Å². The molecule has 0 spiro atoms. The maximum atomic E-state index is 13.3. The van der Waals surface area contributed by atoms with Crippen molar-refractivity contribution in [3.05, 3.63) is 99.9 Å². The second-order valence-electron chi connectivity index (χ2n) is 6.56. The number of hydrogen-bond donors (Lipinski definition) is 0. The molecule has 0 unspecified atom stereocenters. The van der Waals surface area contributed by atoms with Crippen LogP contribution in [0.5, 0.6) is 5.75 Å². The van der Waals surface area contributed by atoms with E-state index in [0.717, 1.165) is 16.5 Å². The van der Waals surface area contributed by atoms with Crippen LogP contribution in [0.15, 0.2) is 82.0 Å². The van der Waals surface area contributed by atoms with Crippen molar-refractivity contribution < 1.29 is 13.9 Å². The van der Waals surface area contributed by atoms with Crippen molar-refractivity contribution in [3.63, 3.8) is 0 Å². The fourth-order valence-corrected chi connectivity index (χ4v) is 3.31. The van der Waals surface area contributed by atoms with E-state index in [-0.39, 0.29) is 11.3 Å². The third-order valence-electron chi connectivity index (χ3n) is 4.70. The Balaban J connectivity index is 2.03. The molecule has 0 aliphatic heterocycles. The van der Waals surface area contributed by atoms with E-state index < -0.39 is 5.63 Å². The van der Waals surface area contributed by atoms with Crippen molar-refractivity contribution >= 4 is 16.8 Å². The van der Waals surface area contributed by atoms with Crippen LogP contribution in [0, 0.1) is 6.92 Å². The summed E-state index contributed by atoms with van der Waals surface area (Å²) < 4.78 is 10.6. The van der Waals surface area contributed by atoms with Crippen LogP contribution in [0.2, 0.25) is 0 Å². The molecule has 0 radical (unpaired) electrons. The van der Waals surface area contributed by atoms with Gasteiger partial charge in [0.2, 0.25) is 5.78 Å². The monoisotopic (exact) mass is 370 g/mol. The first-order valence-electron chi connectivity index (χ1n) is 8.90. The van der Waals surface area contributed by atoms with Gasteiger partial charge in [-0.2, -0.15) is 0 Å². The Bertz CT molecular complexity index is 1220. The average molecular weight is 370 g/mol. The highest BCUT2D eigenvalue weighted by atomic mass is 16.5. The first kappa shape index (κ1) is 17.7. The molecule has 0 aliphatic rings. The highest BCUT2D eigenvalue weighted by molar-refractivity contribution is 6.16. The molecule has 3 aromatic carbocycles. The minimum atomic E-state index is -0.643. The molecule has 28 heavy (non-hydrogen) atoms. The summed E-state index contributed by atoms with van der Waals surface area (Å²) in [6, 6.07) is 21.7. The molecule has 0 aliphatic carbocycles. The molecule has 0 N–H and O–H groups in total. The molecule has 4 nitrogen and oxygen atoms in total. The Labute approximate surface area is 162 Å². The smallest absolute Gasteiger partial charge is 0.348 e. The van der Waals surface area contributed by atoms with Gasteiger partial charge in [-0.15, -0.1) is 0 Å². The zero-order chi connectivity index (χ0) is 19.7. The predicted molar refractivity (Wildman–Crippen MR) is 109 cm³/mol. The van der Waals surface area contributed by atoms with Gasteiger partial charge in [0.25, 0.3) is 0 Å². The number of methoxy groups -OCH3 is 1. The van der Waals surface area contributed by atoms with E-state index >= 15 is 0 Å². The third kappa shape index (κ3) is 3.09. The second kappa shape index (κ2) is 7.16. The fraction of sp³-hybridized carbons (Fsp3) is 0.0833. The van der Waals surface area contributed by atoms with Gasteiger partial charge < -0.3 is 9.15 Å². The Morgan fingerprint density at radius 1 is 0.929 bits per heavy atom. The molecule has 0 fully saturated rings. The first-order chi connectivity index (χ1) is 13.6. The summed E-state index contributed by atoms with van der Waals surface area (Å²) in [7, 11) is 1.56. The molecule has 138 valence electrons. The lowest BCUT2D eigenvalue weighted by molar-refractivity contribution is 0.103. The van der Waals surface area contributed by atoms with Gasteiger partial charge in [-0.25, -0.2) is 4.79 Å². The predicted octanol–water partition coefficient (Wildman–Crippen LogP) is 5.01. The van der Waals surface area contributed by atoms with Gasteiger partial charge >= 0.3 is 5.63 Å². The van der Waals surface area contributed by atoms with Gasteiger partial charge in [-0.1, -0.05) is 42.0 Å². The largest absolute Gasteiger partial charge is 0.497 e. The summed E-state index contributed by atoms with van der Waals surface area (Å²) in [5, 5.41) is 0.739. The molecule has 4 heteroatoms. The Kier molecular flexibility index (Phi) is 4.53.